The van der Waals surface area contributed by atoms with E-state index in [1.807, 2.05) is 24.3 Å². The first-order valence-electron chi connectivity index (χ1n) is 7.40. The first-order valence-corrected chi connectivity index (χ1v) is 8.19. The number of nitrogens with zero attached hydrogens (tertiary/aromatic N) is 3. The van der Waals surface area contributed by atoms with Gasteiger partial charge < -0.3 is 5.32 Å². The maximum atomic E-state index is 5.98. The second-order valence-electron chi connectivity index (χ2n) is 5.48. The van der Waals surface area contributed by atoms with Crippen molar-refractivity contribution in [2.24, 2.45) is 0 Å². The van der Waals surface area contributed by atoms with Crippen LogP contribution in [-0.4, -0.2) is 25.9 Å². The van der Waals surface area contributed by atoms with Crippen molar-refractivity contribution in [1.82, 2.24) is 20.1 Å². The van der Waals surface area contributed by atoms with Crippen LogP contribution in [0.1, 0.15) is 31.2 Å². The number of nitrogens with one attached hydrogen (secondary N) is 2. The Balaban J connectivity index is 1.55. The molecule has 1 saturated carbocycles. The van der Waals surface area contributed by atoms with Crippen molar-refractivity contribution in [3.63, 3.8) is 0 Å². The first kappa shape index (κ1) is 15.2. The number of anilines is 1. The highest BCUT2D eigenvalue weighted by atomic mass is 35.5. The Morgan fingerprint density at radius 3 is 2.95 bits per heavy atom. The predicted molar refractivity (Wildman–Crippen MR) is 92.2 cm³/mol. The SMILES string of the molecule is S=C(Nc1ncn(Cc2cccc(Cl)c2)n1)NC1CCCC1. The second kappa shape index (κ2) is 7.07. The second-order valence-corrected chi connectivity index (χ2v) is 6.32. The van der Waals surface area contributed by atoms with E-state index in [1.165, 1.54) is 25.7 Å². The van der Waals surface area contributed by atoms with E-state index in [0.717, 1.165) is 10.6 Å². The molecule has 22 heavy (non-hydrogen) atoms. The summed E-state index contributed by atoms with van der Waals surface area (Å²) in [6.45, 7) is 0.623. The van der Waals surface area contributed by atoms with Crippen LogP contribution in [0.4, 0.5) is 5.95 Å². The molecule has 2 N–H and O–H groups in total. The molecule has 116 valence electrons. The molecular formula is C15H18ClN5S. The number of hydrogen-bond donors (Lipinski definition) is 2. The summed E-state index contributed by atoms with van der Waals surface area (Å²) in [6, 6.07) is 8.18. The molecule has 1 aliphatic rings. The summed E-state index contributed by atoms with van der Waals surface area (Å²) in [5, 5.41) is 12.0. The number of thiocarbonyl (C=S) groups is 1. The van der Waals surface area contributed by atoms with E-state index >= 15 is 0 Å². The molecule has 0 spiro atoms. The Kier molecular flexibility index (Phi) is 4.90. The molecule has 1 aliphatic carbocycles. The third-order valence-corrected chi connectivity index (χ3v) is 4.14. The van der Waals surface area contributed by atoms with Gasteiger partial charge in [0.15, 0.2) is 5.11 Å². The Morgan fingerprint density at radius 2 is 2.18 bits per heavy atom. The summed E-state index contributed by atoms with van der Waals surface area (Å²) in [5.41, 5.74) is 1.08. The van der Waals surface area contributed by atoms with Crippen LogP contribution in [0.2, 0.25) is 5.02 Å². The van der Waals surface area contributed by atoms with Gasteiger partial charge in [-0.1, -0.05) is 36.6 Å². The third kappa shape index (κ3) is 4.18. The summed E-state index contributed by atoms with van der Waals surface area (Å²) >= 11 is 11.3. The van der Waals surface area contributed by atoms with Gasteiger partial charge in [-0.3, -0.25) is 5.32 Å². The van der Waals surface area contributed by atoms with E-state index < -0.39 is 0 Å². The van der Waals surface area contributed by atoms with Crippen LogP contribution in [0.15, 0.2) is 30.6 Å². The zero-order valence-corrected chi connectivity index (χ0v) is 13.7. The molecule has 1 aromatic carbocycles. The Bertz CT molecular complexity index is 651. The lowest BCUT2D eigenvalue weighted by Gasteiger charge is -2.13. The lowest BCUT2D eigenvalue weighted by Crippen LogP contribution is -2.36. The van der Waals surface area contributed by atoms with Crippen LogP contribution >= 0.6 is 23.8 Å². The number of aromatic nitrogens is 3. The Labute approximate surface area is 140 Å². The zero-order chi connectivity index (χ0) is 15.4. The van der Waals surface area contributed by atoms with Gasteiger partial charge in [0.25, 0.3) is 0 Å². The average Bonchev–Trinajstić information content (AvgIpc) is 3.11. The average molecular weight is 336 g/mol. The van der Waals surface area contributed by atoms with Crippen LogP contribution in [0.5, 0.6) is 0 Å². The summed E-state index contributed by atoms with van der Waals surface area (Å²) < 4.78 is 1.76. The van der Waals surface area contributed by atoms with E-state index in [0.29, 0.717) is 23.6 Å². The monoisotopic (exact) mass is 335 g/mol. The van der Waals surface area contributed by atoms with Crippen LogP contribution < -0.4 is 10.6 Å². The van der Waals surface area contributed by atoms with Crippen molar-refractivity contribution in [3.05, 3.63) is 41.2 Å². The van der Waals surface area contributed by atoms with Gasteiger partial charge in [0.1, 0.15) is 6.33 Å². The van der Waals surface area contributed by atoms with Crippen molar-refractivity contribution in [2.75, 3.05) is 5.32 Å². The van der Waals surface area contributed by atoms with Gasteiger partial charge in [0, 0.05) is 11.1 Å². The standard InChI is InChI=1S/C15H18ClN5S/c16-12-5-3-4-11(8-12)9-21-10-17-14(20-21)19-15(22)18-13-6-1-2-7-13/h3-5,8,10,13H,1-2,6-7,9H2,(H2,18,19,20,22). The van der Waals surface area contributed by atoms with Crippen molar-refractivity contribution in [2.45, 2.75) is 38.3 Å². The van der Waals surface area contributed by atoms with Gasteiger partial charge in [-0.05, 0) is 42.8 Å². The van der Waals surface area contributed by atoms with Crippen LogP contribution in [0, 0.1) is 0 Å². The fourth-order valence-corrected chi connectivity index (χ4v) is 3.11. The molecule has 0 bridgehead atoms. The molecule has 3 rings (SSSR count). The topological polar surface area (TPSA) is 54.8 Å². The van der Waals surface area contributed by atoms with Gasteiger partial charge in [-0.25, -0.2) is 9.67 Å². The van der Waals surface area contributed by atoms with E-state index in [1.54, 1.807) is 11.0 Å². The van der Waals surface area contributed by atoms with Gasteiger partial charge >= 0.3 is 0 Å². The highest BCUT2D eigenvalue weighted by molar-refractivity contribution is 7.80. The van der Waals surface area contributed by atoms with Crippen molar-refractivity contribution < 1.29 is 0 Å². The fourth-order valence-electron chi connectivity index (χ4n) is 2.64. The summed E-state index contributed by atoms with van der Waals surface area (Å²) in [4.78, 5) is 4.23. The zero-order valence-electron chi connectivity index (χ0n) is 12.1. The lowest BCUT2D eigenvalue weighted by atomic mass is 10.2. The van der Waals surface area contributed by atoms with E-state index in [9.17, 15) is 0 Å². The largest absolute Gasteiger partial charge is 0.360 e. The van der Waals surface area contributed by atoms with Crippen LogP contribution in [0.3, 0.4) is 0 Å². The summed E-state index contributed by atoms with van der Waals surface area (Å²) in [6.07, 6.45) is 6.58. The van der Waals surface area contributed by atoms with Crippen LogP contribution in [0.25, 0.3) is 0 Å². The molecule has 2 aromatic rings. The Hall–Kier alpha value is -1.66. The smallest absolute Gasteiger partial charge is 0.248 e. The van der Waals surface area contributed by atoms with Gasteiger partial charge in [0.2, 0.25) is 5.95 Å². The number of benzene rings is 1. The number of halogens is 1. The van der Waals surface area contributed by atoms with Crippen LogP contribution in [-0.2, 0) is 6.54 Å². The summed E-state index contributed by atoms with van der Waals surface area (Å²) in [5.74, 6) is 0.512. The molecular weight excluding hydrogens is 318 g/mol. The number of hydrogen-bond acceptors (Lipinski definition) is 3. The highest BCUT2D eigenvalue weighted by Crippen LogP contribution is 2.17. The first-order chi connectivity index (χ1) is 10.7. The minimum Gasteiger partial charge on any atom is -0.360 e. The molecule has 1 aromatic heterocycles. The molecule has 5 nitrogen and oxygen atoms in total. The normalized spacial score (nSPS) is 15.0. The van der Waals surface area contributed by atoms with Gasteiger partial charge in [-0.2, -0.15) is 0 Å². The fraction of sp³-hybridized carbons (Fsp3) is 0.400. The highest BCUT2D eigenvalue weighted by Gasteiger charge is 2.16. The molecule has 0 radical (unpaired) electrons. The quantitative estimate of drug-likeness (QED) is 0.840. The van der Waals surface area contributed by atoms with Gasteiger partial charge in [-0.15, -0.1) is 5.10 Å². The maximum absolute atomic E-state index is 5.98. The van der Waals surface area contributed by atoms with E-state index in [-0.39, 0.29) is 0 Å². The van der Waals surface area contributed by atoms with Crippen molar-refractivity contribution in [1.29, 1.82) is 0 Å². The summed E-state index contributed by atoms with van der Waals surface area (Å²) in [7, 11) is 0. The minimum atomic E-state index is 0.480. The predicted octanol–water partition coefficient (Wildman–Crippen LogP) is 3.21. The molecule has 1 fully saturated rings. The van der Waals surface area contributed by atoms with E-state index in [4.69, 9.17) is 23.8 Å². The molecule has 0 atom stereocenters. The maximum Gasteiger partial charge on any atom is 0.248 e. The molecule has 1 heterocycles. The minimum absolute atomic E-state index is 0.480. The molecule has 7 heteroatoms. The molecule has 0 aliphatic heterocycles. The van der Waals surface area contributed by atoms with Crippen molar-refractivity contribution >= 4 is 34.9 Å². The van der Waals surface area contributed by atoms with Gasteiger partial charge in [0.05, 0.1) is 6.54 Å². The molecule has 0 amide bonds. The lowest BCUT2D eigenvalue weighted by molar-refractivity contribution is 0.634. The molecule has 0 saturated heterocycles. The third-order valence-electron chi connectivity index (χ3n) is 3.69. The van der Waals surface area contributed by atoms with Crippen molar-refractivity contribution in [3.8, 4) is 0 Å². The molecule has 0 unspecified atom stereocenters. The van der Waals surface area contributed by atoms with E-state index in [2.05, 4.69) is 20.7 Å². The Morgan fingerprint density at radius 1 is 1.36 bits per heavy atom. The number of rotatable bonds is 4.